The Morgan fingerprint density at radius 2 is 1.38 bits per heavy atom. The van der Waals surface area contributed by atoms with Crippen molar-refractivity contribution in [3.8, 4) is 11.5 Å². The van der Waals surface area contributed by atoms with Crippen molar-refractivity contribution in [3.63, 3.8) is 0 Å². The second-order valence-corrected chi connectivity index (χ2v) is 24.0. The van der Waals surface area contributed by atoms with Gasteiger partial charge in [-0.15, -0.1) is 0 Å². The predicted molar refractivity (Wildman–Crippen MR) is 290 cm³/mol. The molecule has 0 radical (unpaired) electrons. The Hall–Kier alpha value is -2.53. The zero-order valence-electron chi connectivity index (χ0n) is 41.3. The summed E-state index contributed by atoms with van der Waals surface area (Å²) in [6, 6.07) is 24.6. The van der Waals surface area contributed by atoms with E-state index in [4.69, 9.17) is 40.6 Å². The minimum Gasteiger partial charge on any atom is -0.497 e. The third kappa shape index (κ3) is 11.9. The van der Waals surface area contributed by atoms with Gasteiger partial charge in [0.05, 0.1) is 43.5 Å². The van der Waals surface area contributed by atoms with Crippen LogP contribution in [-0.4, -0.2) is 61.2 Å². The van der Waals surface area contributed by atoms with Gasteiger partial charge in [-0.1, -0.05) is 86.0 Å². The van der Waals surface area contributed by atoms with Crippen molar-refractivity contribution in [3.05, 3.63) is 137 Å². The van der Waals surface area contributed by atoms with E-state index >= 15 is 0 Å². The van der Waals surface area contributed by atoms with E-state index in [1.165, 1.54) is 34.2 Å². The molecule has 0 aromatic heterocycles. The zero-order valence-corrected chi connectivity index (χ0v) is 47.4. The maximum atomic E-state index is 12.7. The molecule has 4 aromatic carbocycles. The third-order valence-electron chi connectivity index (χ3n) is 14.1. The Morgan fingerprint density at radius 3 is 1.93 bits per heavy atom. The molecule has 0 amide bonds. The van der Waals surface area contributed by atoms with Crippen LogP contribution in [0, 0.1) is 27.9 Å². The minimum absolute atomic E-state index is 0. The van der Waals surface area contributed by atoms with Crippen molar-refractivity contribution in [2.75, 3.05) is 28.4 Å². The molecule has 0 saturated heterocycles. The number of ether oxygens (including phenoxy) is 4. The summed E-state index contributed by atoms with van der Waals surface area (Å²) < 4.78 is 42.1. The van der Waals surface area contributed by atoms with Crippen molar-refractivity contribution in [2.24, 2.45) is 26.0 Å². The number of aliphatic imine (C=N–C) groups is 1. The van der Waals surface area contributed by atoms with Crippen LogP contribution in [0.25, 0.3) is 4.85 Å². The van der Waals surface area contributed by atoms with E-state index in [1.54, 1.807) is 33.5 Å². The molecule has 4 aliphatic carbocycles. The van der Waals surface area contributed by atoms with Crippen LogP contribution in [0.15, 0.2) is 91.1 Å². The van der Waals surface area contributed by atoms with E-state index in [0.717, 1.165) is 106 Å². The maximum Gasteiger partial charge on any atom is 1.00 e. The summed E-state index contributed by atoms with van der Waals surface area (Å²) >= 11 is 9.38. The molecule has 1 aliphatic heterocycles. The molecule has 1 heterocycles. The van der Waals surface area contributed by atoms with Gasteiger partial charge in [-0.25, -0.2) is 9.05 Å². The molecule has 68 heavy (non-hydrogen) atoms. The minimum atomic E-state index is -1.24. The fourth-order valence-electron chi connectivity index (χ4n) is 10.3. The zero-order chi connectivity index (χ0) is 48.7. The summed E-state index contributed by atoms with van der Waals surface area (Å²) in [6.07, 6.45) is 13.5. The van der Waals surface area contributed by atoms with Crippen molar-refractivity contribution in [1.29, 1.82) is 0 Å². The van der Waals surface area contributed by atoms with Crippen LogP contribution in [0.1, 0.15) is 125 Å². The molecule has 5 aliphatic rings. The molecule has 9 nitrogen and oxygen atoms in total. The number of benzene rings is 4. The maximum absolute atomic E-state index is 12.7. The second-order valence-electron chi connectivity index (χ2n) is 19.1. The molecular formula is C54H66Br2ILiN4O5S. The molecule has 2 N–H and O–H groups in total. The van der Waals surface area contributed by atoms with E-state index in [9.17, 15) is 4.21 Å². The number of fused-ring (bicyclic) bond motifs is 6. The van der Waals surface area contributed by atoms with Crippen LogP contribution >= 0.6 is 54.5 Å². The summed E-state index contributed by atoms with van der Waals surface area (Å²) in [6.45, 7) is 18.5. The van der Waals surface area contributed by atoms with Crippen LogP contribution < -0.4 is 34.1 Å². The van der Waals surface area contributed by atoms with E-state index in [1.807, 2.05) is 40.0 Å². The SMILES string of the molecule is COC1CCC2(CC1)Cc1ccc(Br)cc1C2=NS(=O)C(C)(C)C.COc1ccc2c(c1)C1(N=C2N)c2cc(Br)ccc2CC12CCC(OC)CC2.[C-]#[N+]c1ccc(OC)cc1I.[CH2-]CCC.[Li+]. The first kappa shape index (κ1) is 56.4. The first-order valence-corrected chi connectivity index (χ1v) is 26.9. The number of hydrogen-bond donors (Lipinski definition) is 1. The van der Waals surface area contributed by atoms with Crippen LogP contribution in [0.2, 0.25) is 0 Å². The molecule has 14 heteroatoms. The van der Waals surface area contributed by atoms with E-state index in [-0.39, 0.29) is 34.4 Å². The van der Waals surface area contributed by atoms with Crippen molar-refractivity contribution in [2.45, 2.75) is 127 Å². The van der Waals surface area contributed by atoms with Crippen LogP contribution in [0.5, 0.6) is 11.5 Å². The van der Waals surface area contributed by atoms with E-state index in [2.05, 4.69) is 122 Å². The number of methoxy groups -OCH3 is 4. The average molecular weight is 1180 g/mol. The fraction of sp³-hybridized carbons (Fsp3) is 0.481. The number of nitrogens with two attached hydrogens (primary N) is 1. The van der Waals surface area contributed by atoms with Gasteiger partial charge in [0, 0.05) is 48.7 Å². The summed E-state index contributed by atoms with van der Waals surface area (Å²) in [7, 11) is 5.71. The molecule has 360 valence electrons. The van der Waals surface area contributed by atoms with Gasteiger partial charge >= 0.3 is 18.9 Å². The first-order chi connectivity index (χ1) is 32.0. The smallest absolute Gasteiger partial charge is 0.497 e. The van der Waals surface area contributed by atoms with Gasteiger partial charge in [-0.2, -0.15) is 10.8 Å². The Morgan fingerprint density at radius 1 is 0.824 bits per heavy atom. The number of amidine groups is 1. The Kier molecular flexibility index (Phi) is 20.1. The molecule has 2 unspecified atom stereocenters. The van der Waals surface area contributed by atoms with Gasteiger partial charge in [0.15, 0.2) is 0 Å². The Labute approximate surface area is 451 Å². The molecule has 2 fully saturated rings. The Balaban J connectivity index is 0.000000196. The van der Waals surface area contributed by atoms with Gasteiger partial charge < -0.3 is 31.6 Å². The second kappa shape index (κ2) is 24.3. The topological polar surface area (TPSA) is 109 Å². The average Bonchev–Trinajstić information content (AvgIpc) is 3.89. The van der Waals surface area contributed by atoms with Gasteiger partial charge in [0.1, 0.15) is 33.9 Å². The normalized spacial score (nSPS) is 24.9. The number of unbranched alkanes of at least 4 members (excludes halogenated alkanes) is 1. The molecule has 4 aromatic rings. The molecule has 2 atom stereocenters. The molecule has 2 saturated carbocycles. The predicted octanol–water partition coefficient (Wildman–Crippen LogP) is 10.9. The number of hydrogen-bond acceptors (Lipinski definition) is 7. The van der Waals surface area contributed by atoms with Gasteiger partial charge in [0.2, 0.25) is 5.69 Å². The standard InChI is InChI=1S/C23H25BrN2O2.C19H26BrNO2S.C8H6INO.C4H9.Li/c1-27-16-7-9-22(10-8-16)13-14-3-4-15(24)11-19(14)23(22)20-12-17(28-2)5-6-18(20)21(25)26-23;1-18(2,3)24(22)21-17-16-11-14(20)6-5-13(16)12-19(17)9-7-15(23-4)8-10-19;1-10-8-4-3-6(11-2)5-7(8)9;1-3-4-2;/h3-6,11-12,16H,7-10,13H2,1-2H3,(H2,25,26);5-6,11,15H,7-10,12H2,1-4H3;3-5H,2H3;1,3-4H2,2H3;/q;;;-1;+1. The summed E-state index contributed by atoms with van der Waals surface area (Å²) in [4.78, 5) is 8.58. The van der Waals surface area contributed by atoms with Crippen LogP contribution in [-0.2, 0) is 38.8 Å². The van der Waals surface area contributed by atoms with Crippen LogP contribution in [0.4, 0.5) is 5.69 Å². The molecule has 3 spiro atoms. The number of rotatable bonds is 6. The van der Waals surface area contributed by atoms with Gasteiger partial charge in [-0.05, 0) is 162 Å². The van der Waals surface area contributed by atoms with Gasteiger partial charge in [-0.3, -0.25) is 4.99 Å². The number of nitrogens with zero attached hydrogens (tertiary/aromatic N) is 3. The van der Waals surface area contributed by atoms with E-state index in [0.29, 0.717) is 23.7 Å². The van der Waals surface area contributed by atoms with Crippen molar-refractivity contribution >= 4 is 82.7 Å². The Bertz CT molecular complexity index is 2530. The van der Waals surface area contributed by atoms with E-state index < -0.39 is 16.5 Å². The third-order valence-corrected chi connectivity index (χ3v) is 17.3. The van der Waals surface area contributed by atoms with Gasteiger partial charge in [0.25, 0.3) is 0 Å². The van der Waals surface area contributed by atoms with Crippen molar-refractivity contribution < 1.29 is 42.0 Å². The van der Waals surface area contributed by atoms with Crippen LogP contribution in [0.3, 0.4) is 0 Å². The first-order valence-electron chi connectivity index (χ1n) is 23.2. The molecular weight excluding hydrogens is 1110 g/mol. The number of halogens is 3. The quantitative estimate of drug-likeness (QED) is 0.117. The largest absolute Gasteiger partial charge is 1.00 e. The molecule has 9 rings (SSSR count). The summed E-state index contributed by atoms with van der Waals surface area (Å²) in [5.41, 5.74) is 15.2. The summed E-state index contributed by atoms with van der Waals surface area (Å²) in [5.74, 6) is 2.28. The summed E-state index contributed by atoms with van der Waals surface area (Å²) in [5, 5.41) is 0. The fourth-order valence-corrected chi connectivity index (χ4v) is 12.4. The van der Waals surface area contributed by atoms with Crippen molar-refractivity contribution in [1.82, 2.24) is 0 Å². The molecule has 0 bridgehead atoms. The monoisotopic (exact) mass is 1170 g/mol.